The van der Waals surface area contributed by atoms with Gasteiger partial charge in [0, 0.05) is 48.0 Å². The van der Waals surface area contributed by atoms with E-state index in [0.29, 0.717) is 0 Å². The summed E-state index contributed by atoms with van der Waals surface area (Å²) in [6.07, 6.45) is 0. The van der Waals surface area contributed by atoms with Gasteiger partial charge < -0.3 is 9.32 Å². The molecule has 0 aliphatic carbocycles. The molecule has 2 heterocycles. The zero-order valence-electron chi connectivity index (χ0n) is 28.7. The van der Waals surface area contributed by atoms with Crippen LogP contribution in [-0.4, -0.2) is 0 Å². The van der Waals surface area contributed by atoms with Crippen LogP contribution in [0.1, 0.15) is 0 Å². The first-order valence-corrected chi connectivity index (χ1v) is 18.8. The fourth-order valence-electron chi connectivity index (χ4n) is 8.09. The highest BCUT2D eigenvalue weighted by Crippen LogP contribution is 2.45. The molecule has 0 atom stereocenters. The van der Waals surface area contributed by atoms with Crippen molar-refractivity contribution in [1.29, 1.82) is 0 Å². The Labute approximate surface area is 310 Å². The number of hydrogen-bond acceptors (Lipinski definition) is 3. The van der Waals surface area contributed by atoms with E-state index in [2.05, 4.69) is 193 Å². The molecule has 0 radical (unpaired) electrons. The first-order chi connectivity index (χ1) is 26.2. The minimum Gasteiger partial charge on any atom is -0.456 e. The lowest BCUT2D eigenvalue weighted by Crippen LogP contribution is -2.09. The Kier molecular flexibility index (Phi) is 6.76. The molecule has 248 valence electrons. The third-order valence-electron chi connectivity index (χ3n) is 10.7. The van der Waals surface area contributed by atoms with Crippen molar-refractivity contribution in [2.75, 3.05) is 4.90 Å². The summed E-state index contributed by atoms with van der Waals surface area (Å²) in [6, 6.07) is 68.0. The van der Waals surface area contributed by atoms with Gasteiger partial charge in [0.05, 0.1) is 0 Å². The van der Waals surface area contributed by atoms with Gasteiger partial charge in [-0.3, -0.25) is 0 Å². The van der Waals surface area contributed by atoms with Crippen molar-refractivity contribution >= 4 is 81.3 Å². The normalized spacial score (nSPS) is 11.8. The van der Waals surface area contributed by atoms with E-state index in [9.17, 15) is 0 Å². The second kappa shape index (κ2) is 11.9. The monoisotopic (exact) mass is 693 g/mol. The first-order valence-electron chi connectivity index (χ1n) is 18.0. The Morgan fingerprint density at radius 1 is 0.358 bits per heavy atom. The van der Waals surface area contributed by atoms with Crippen LogP contribution in [0.5, 0.6) is 0 Å². The van der Waals surface area contributed by atoms with Crippen LogP contribution < -0.4 is 4.90 Å². The Hall–Kier alpha value is -6.68. The summed E-state index contributed by atoms with van der Waals surface area (Å²) in [6.45, 7) is 0. The maximum absolute atomic E-state index is 6.26. The SMILES string of the molecule is c1ccc(-c2ccc(N(c3ccc(-c4ccccc4)cc3)c3ccc4c(c3)sc3cc(-c5ccc6oc7cccc8ccc5c6c87)ccc34)cc2)cc1. The molecule has 0 aliphatic rings. The van der Waals surface area contributed by atoms with Gasteiger partial charge in [-0.15, -0.1) is 11.3 Å². The molecular formula is C50H31NOS. The summed E-state index contributed by atoms with van der Waals surface area (Å²) in [5.41, 5.74) is 12.5. The molecule has 0 fully saturated rings. The second-order valence-electron chi connectivity index (χ2n) is 13.7. The molecule has 0 amide bonds. The van der Waals surface area contributed by atoms with Crippen molar-refractivity contribution in [2.24, 2.45) is 0 Å². The Bertz CT molecular complexity index is 3000. The van der Waals surface area contributed by atoms with E-state index in [4.69, 9.17) is 4.42 Å². The van der Waals surface area contributed by atoms with Gasteiger partial charge in [0.1, 0.15) is 11.2 Å². The summed E-state index contributed by atoms with van der Waals surface area (Å²) in [5, 5.41) is 7.44. The standard InChI is InChI=1S/C50H31NOS/c1-3-8-32(9-4-1)34-14-20-38(21-15-34)51(39-22-16-35(17-23-39)33-10-5-2-6-11-33)40-24-27-43-42-25-19-37(30-47(42)53-48(43)31-40)41-28-29-46-50-44(41)26-18-36-12-7-13-45(52-46)49(36)50/h1-31H. The van der Waals surface area contributed by atoms with Crippen molar-refractivity contribution in [3.05, 3.63) is 188 Å². The predicted molar refractivity (Wildman–Crippen MR) is 226 cm³/mol. The lowest BCUT2D eigenvalue weighted by molar-refractivity contribution is 0.669. The molecule has 0 saturated heterocycles. The van der Waals surface area contributed by atoms with Gasteiger partial charge in [0.25, 0.3) is 0 Å². The topological polar surface area (TPSA) is 16.4 Å². The van der Waals surface area contributed by atoms with Gasteiger partial charge in [-0.05, 0) is 98.8 Å². The predicted octanol–water partition coefficient (Wildman–Crippen LogP) is 15.0. The highest BCUT2D eigenvalue weighted by Gasteiger charge is 2.18. The highest BCUT2D eigenvalue weighted by molar-refractivity contribution is 7.25. The van der Waals surface area contributed by atoms with Crippen LogP contribution in [0, 0.1) is 0 Å². The zero-order valence-corrected chi connectivity index (χ0v) is 29.5. The van der Waals surface area contributed by atoms with Crippen LogP contribution >= 0.6 is 11.3 Å². The number of thiophene rings is 1. The van der Waals surface area contributed by atoms with Crippen LogP contribution in [0.3, 0.4) is 0 Å². The minimum absolute atomic E-state index is 0.944. The van der Waals surface area contributed by atoms with Crippen LogP contribution in [0.25, 0.3) is 86.3 Å². The number of anilines is 3. The Morgan fingerprint density at radius 3 is 1.58 bits per heavy atom. The number of rotatable bonds is 6. The van der Waals surface area contributed by atoms with Crippen LogP contribution in [0.2, 0.25) is 0 Å². The molecule has 0 unspecified atom stereocenters. The molecule has 2 aromatic heterocycles. The van der Waals surface area contributed by atoms with Crippen LogP contribution in [0.15, 0.2) is 192 Å². The van der Waals surface area contributed by atoms with Crippen LogP contribution in [-0.2, 0) is 0 Å². The third-order valence-corrected chi connectivity index (χ3v) is 11.8. The second-order valence-corrected chi connectivity index (χ2v) is 14.8. The minimum atomic E-state index is 0.944. The molecule has 0 bridgehead atoms. The van der Waals surface area contributed by atoms with Crippen molar-refractivity contribution in [3.8, 4) is 33.4 Å². The highest BCUT2D eigenvalue weighted by atomic mass is 32.1. The maximum atomic E-state index is 6.26. The summed E-state index contributed by atoms with van der Waals surface area (Å²) in [7, 11) is 0. The van der Waals surface area contributed by atoms with E-state index in [1.165, 1.54) is 75.1 Å². The molecule has 0 spiro atoms. The molecule has 0 saturated carbocycles. The van der Waals surface area contributed by atoms with E-state index in [-0.39, 0.29) is 0 Å². The lowest BCUT2D eigenvalue weighted by atomic mass is 9.94. The van der Waals surface area contributed by atoms with Gasteiger partial charge in [-0.1, -0.05) is 133 Å². The van der Waals surface area contributed by atoms with Gasteiger partial charge in [0.15, 0.2) is 0 Å². The van der Waals surface area contributed by atoms with Gasteiger partial charge in [-0.2, -0.15) is 0 Å². The number of benzene rings is 9. The molecule has 53 heavy (non-hydrogen) atoms. The average Bonchev–Trinajstić information content (AvgIpc) is 3.80. The number of hydrogen-bond donors (Lipinski definition) is 0. The zero-order chi connectivity index (χ0) is 34.9. The third kappa shape index (κ3) is 4.93. The van der Waals surface area contributed by atoms with E-state index >= 15 is 0 Å². The molecule has 3 heteroatoms. The summed E-state index contributed by atoms with van der Waals surface area (Å²) < 4.78 is 8.81. The van der Waals surface area contributed by atoms with Crippen molar-refractivity contribution < 1.29 is 4.42 Å². The smallest absolute Gasteiger partial charge is 0.136 e. The molecule has 0 N–H and O–H groups in total. The summed E-state index contributed by atoms with van der Waals surface area (Å²) in [5.74, 6) is 0. The Balaban J connectivity index is 1.02. The molecule has 2 nitrogen and oxygen atoms in total. The molecule has 0 aliphatic heterocycles. The van der Waals surface area contributed by atoms with E-state index in [1.54, 1.807) is 0 Å². The first kappa shape index (κ1) is 30.0. The van der Waals surface area contributed by atoms with Crippen molar-refractivity contribution in [2.45, 2.75) is 0 Å². The van der Waals surface area contributed by atoms with Gasteiger partial charge in [-0.25, -0.2) is 0 Å². The number of furan rings is 1. The van der Waals surface area contributed by atoms with Crippen molar-refractivity contribution in [3.63, 3.8) is 0 Å². The quantitative estimate of drug-likeness (QED) is 0.161. The fourth-order valence-corrected chi connectivity index (χ4v) is 9.26. The lowest BCUT2D eigenvalue weighted by Gasteiger charge is -2.26. The molecular weight excluding hydrogens is 663 g/mol. The molecule has 9 aromatic carbocycles. The number of fused-ring (bicyclic) bond motifs is 3. The van der Waals surface area contributed by atoms with E-state index < -0.39 is 0 Å². The largest absolute Gasteiger partial charge is 0.456 e. The fraction of sp³-hybridized carbons (Fsp3) is 0. The van der Waals surface area contributed by atoms with Crippen LogP contribution in [0.4, 0.5) is 17.1 Å². The molecule has 11 rings (SSSR count). The molecule has 11 aromatic rings. The van der Waals surface area contributed by atoms with Crippen molar-refractivity contribution in [1.82, 2.24) is 0 Å². The number of nitrogens with zero attached hydrogens (tertiary/aromatic N) is 1. The Morgan fingerprint density at radius 2 is 0.906 bits per heavy atom. The summed E-state index contributed by atoms with van der Waals surface area (Å²) in [4.78, 5) is 2.37. The van der Waals surface area contributed by atoms with E-state index in [1.807, 2.05) is 11.3 Å². The van der Waals surface area contributed by atoms with E-state index in [0.717, 1.165) is 28.2 Å². The van der Waals surface area contributed by atoms with Gasteiger partial charge >= 0.3 is 0 Å². The average molecular weight is 694 g/mol. The maximum Gasteiger partial charge on any atom is 0.136 e. The van der Waals surface area contributed by atoms with Gasteiger partial charge in [0.2, 0.25) is 0 Å². The summed E-state index contributed by atoms with van der Waals surface area (Å²) >= 11 is 1.86.